The lowest BCUT2D eigenvalue weighted by Gasteiger charge is -2.33. The summed E-state index contributed by atoms with van der Waals surface area (Å²) in [5, 5.41) is 4.71. The van der Waals surface area contributed by atoms with E-state index in [1.165, 1.54) is 19.3 Å². The number of primary amides is 2. The maximum Gasteiger partial charge on any atom is 0.314 e. The Morgan fingerprint density at radius 3 is 1.76 bits per heavy atom. The lowest BCUT2D eigenvalue weighted by molar-refractivity contribution is 0.190. The zero-order chi connectivity index (χ0) is 15.9. The third-order valence-corrected chi connectivity index (χ3v) is 3.41. The molecule has 6 heteroatoms. The summed E-state index contributed by atoms with van der Waals surface area (Å²) >= 11 is 0. The molecule has 2 rings (SSSR count). The predicted octanol–water partition coefficient (Wildman–Crippen LogP) is 2.22. The number of rotatable bonds is 3. The van der Waals surface area contributed by atoms with Crippen molar-refractivity contribution in [3.05, 3.63) is 35.9 Å². The van der Waals surface area contributed by atoms with Gasteiger partial charge in [-0.05, 0) is 23.8 Å². The third kappa shape index (κ3) is 6.65. The molecule has 0 heterocycles. The molecule has 0 radical (unpaired) electrons. The van der Waals surface area contributed by atoms with E-state index in [0.29, 0.717) is 5.56 Å². The van der Waals surface area contributed by atoms with Crippen LogP contribution in [0.1, 0.15) is 44.8 Å². The van der Waals surface area contributed by atoms with Crippen molar-refractivity contribution in [1.29, 1.82) is 0 Å². The van der Waals surface area contributed by atoms with Crippen LogP contribution in [0.2, 0.25) is 0 Å². The summed E-state index contributed by atoms with van der Waals surface area (Å²) in [5.74, 6) is 0. The number of hydrogen-bond donors (Lipinski definition) is 4. The van der Waals surface area contributed by atoms with Crippen LogP contribution in [0.4, 0.5) is 9.59 Å². The Bertz CT molecular complexity index is 452. The number of carbonyl (C=O) groups excluding carboxylic acids is 2. The summed E-state index contributed by atoms with van der Waals surface area (Å²) in [6.07, 6.45) is 3.66. The Balaban J connectivity index is 0.000000304. The van der Waals surface area contributed by atoms with E-state index in [-0.39, 0.29) is 0 Å². The van der Waals surface area contributed by atoms with Crippen molar-refractivity contribution in [1.82, 2.24) is 10.6 Å². The fourth-order valence-corrected chi connectivity index (χ4v) is 2.02. The minimum absolute atomic E-state index is 0.690. The van der Waals surface area contributed by atoms with E-state index in [1.54, 1.807) is 24.3 Å². The van der Waals surface area contributed by atoms with Gasteiger partial charge in [0, 0.05) is 0 Å². The molecule has 1 saturated carbocycles. The summed E-state index contributed by atoms with van der Waals surface area (Å²) in [5.41, 5.74) is 11.3. The SMILES string of the molecule is CC1(C)CCC1.NC(=O)NC(NC(N)=O)c1ccccc1. The zero-order valence-corrected chi connectivity index (χ0v) is 12.6. The molecule has 1 aromatic rings. The minimum atomic E-state index is -0.738. The first kappa shape index (κ1) is 16.8. The van der Waals surface area contributed by atoms with Crippen LogP contribution in [0.5, 0.6) is 0 Å². The number of nitrogens with two attached hydrogens (primary N) is 2. The summed E-state index contributed by atoms with van der Waals surface area (Å²) in [6, 6.07) is 7.35. The molecule has 4 amide bonds. The first-order valence-corrected chi connectivity index (χ1v) is 6.97. The monoisotopic (exact) mass is 292 g/mol. The van der Waals surface area contributed by atoms with Gasteiger partial charge in [0.25, 0.3) is 0 Å². The maximum absolute atomic E-state index is 10.7. The van der Waals surface area contributed by atoms with Crippen molar-refractivity contribution in [2.45, 2.75) is 39.3 Å². The second kappa shape index (κ2) is 7.52. The molecule has 0 aromatic heterocycles. The van der Waals surface area contributed by atoms with Crippen LogP contribution in [-0.2, 0) is 0 Å². The van der Waals surface area contributed by atoms with Crippen molar-refractivity contribution in [2.75, 3.05) is 0 Å². The fraction of sp³-hybridized carbons (Fsp3) is 0.467. The van der Waals surface area contributed by atoms with Crippen molar-refractivity contribution >= 4 is 12.1 Å². The molecule has 0 spiro atoms. The second-order valence-electron chi connectivity index (χ2n) is 5.88. The number of urea groups is 2. The van der Waals surface area contributed by atoms with Gasteiger partial charge in [0.15, 0.2) is 0 Å². The molecule has 6 nitrogen and oxygen atoms in total. The maximum atomic E-state index is 10.7. The van der Waals surface area contributed by atoms with E-state index in [4.69, 9.17) is 11.5 Å². The summed E-state index contributed by atoms with van der Waals surface area (Å²) in [7, 11) is 0. The minimum Gasteiger partial charge on any atom is -0.352 e. The molecule has 6 N–H and O–H groups in total. The Kier molecular flexibility index (Phi) is 6.02. The molecular formula is C15H24N4O2. The van der Waals surface area contributed by atoms with Crippen LogP contribution >= 0.6 is 0 Å². The van der Waals surface area contributed by atoms with Gasteiger partial charge in [-0.25, -0.2) is 9.59 Å². The highest BCUT2D eigenvalue weighted by Gasteiger charge is 2.25. The van der Waals surface area contributed by atoms with Crippen LogP contribution in [-0.4, -0.2) is 12.1 Å². The molecule has 21 heavy (non-hydrogen) atoms. The van der Waals surface area contributed by atoms with Gasteiger partial charge in [0.1, 0.15) is 6.17 Å². The molecule has 0 saturated heterocycles. The van der Waals surface area contributed by atoms with Gasteiger partial charge in [-0.1, -0.05) is 50.6 Å². The van der Waals surface area contributed by atoms with Crippen LogP contribution in [0, 0.1) is 5.41 Å². The summed E-state index contributed by atoms with van der Waals surface area (Å²) in [6.45, 7) is 4.66. The molecule has 0 unspecified atom stereocenters. The van der Waals surface area contributed by atoms with Gasteiger partial charge >= 0.3 is 12.1 Å². The van der Waals surface area contributed by atoms with Gasteiger partial charge in [0.2, 0.25) is 0 Å². The molecule has 116 valence electrons. The second-order valence-corrected chi connectivity index (χ2v) is 5.88. The normalized spacial score (nSPS) is 15.2. The predicted molar refractivity (Wildman–Crippen MR) is 82.3 cm³/mol. The first-order chi connectivity index (χ1) is 9.80. The van der Waals surface area contributed by atoms with Crippen molar-refractivity contribution < 1.29 is 9.59 Å². The average molecular weight is 292 g/mol. The molecular weight excluding hydrogens is 268 g/mol. The smallest absolute Gasteiger partial charge is 0.314 e. The highest BCUT2D eigenvalue weighted by molar-refractivity contribution is 5.75. The van der Waals surface area contributed by atoms with Crippen LogP contribution in [0.25, 0.3) is 0 Å². The molecule has 0 aliphatic heterocycles. The van der Waals surface area contributed by atoms with Crippen LogP contribution < -0.4 is 22.1 Å². The Morgan fingerprint density at radius 1 is 1.05 bits per heavy atom. The highest BCUT2D eigenvalue weighted by Crippen LogP contribution is 2.38. The molecule has 0 bridgehead atoms. The fourth-order valence-electron chi connectivity index (χ4n) is 2.02. The van der Waals surface area contributed by atoms with Gasteiger partial charge in [-0.3, -0.25) is 0 Å². The van der Waals surface area contributed by atoms with Crippen LogP contribution in [0.3, 0.4) is 0 Å². The van der Waals surface area contributed by atoms with E-state index in [2.05, 4.69) is 24.5 Å². The van der Waals surface area contributed by atoms with Gasteiger partial charge in [-0.2, -0.15) is 0 Å². The van der Waals surface area contributed by atoms with Gasteiger partial charge in [-0.15, -0.1) is 0 Å². The standard InChI is InChI=1S/C9H12N4O2.C6H12/c10-8(14)12-7(13-9(11)15)6-4-2-1-3-5-6;1-6(2)4-3-5-6/h1-5,7H,(H3,10,12,14)(H3,11,13,15);3-5H2,1-2H3. The zero-order valence-electron chi connectivity index (χ0n) is 12.6. The summed E-state index contributed by atoms with van der Waals surface area (Å²) in [4.78, 5) is 21.4. The molecule has 1 aromatic carbocycles. The highest BCUT2D eigenvalue weighted by atomic mass is 16.2. The Hall–Kier alpha value is -2.24. The van der Waals surface area contributed by atoms with E-state index in [9.17, 15) is 9.59 Å². The lowest BCUT2D eigenvalue weighted by atomic mass is 9.72. The third-order valence-electron chi connectivity index (χ3n) is 3.41. The van der Waals surface area contributed by atoms with E-state index in [1.807, 2.05) is 6.07 Å². The van der Waals surface area contributed by atoms with E-state index < -0.39 is 18.2 Å². The van der Waals surface area contributed by atoms with E-state index in [0.717, 1.165) is 5.41 Å². The topological polar surface area (TPSA) is 110 Å². The Morgan fingerprint density at radius 2 is 1.48 bits per heavy atom. The van der Waals surface area contributed by atoms with Crippen molar-refractivity contribution in [3.8, 4) is 0 Å². The van der Waals surface area contributed by atoms with E-state index >= 15 is 0 Å². The number of carbonyl (C=O) groups is 2. The Labute approximate surface area is 125 Å². The molecule has 1 fully saturated rings. The number of hydrogen-bond acceptors (Lipinski definition) is 2. The van der Waals surface area contributed by atoms with Gasteiger partial charge < -0.3 is 22.1 Å². The number of benzene rings is 1. The molecule has 1 aliphatic carbocycles. The molecule has 1 aliphatic rings. The van der Waals surface area contributed by atoms with Crippen molar-refractivity contribution in [2.24, 2.45) is 16.9 Å². The number of nitrogens with one attached hydrogen (secondary N) is 2. The van der Waals surface area contributed by atoms with Gasteiger partial charge in [0.05, 0.1) is 0 Å². The largest absolute Gasteiger partial charge is 0.352 e. The average Bonchev–Trinajstić information content (AvgIpc) is 2.37. The van der Waals surface area contributed by atoms with Crippen molar-refractivity contribution in [3.63, 3.8) is 0 Å². The molecule has 0 atom stereocenters. The number of amides is 4. The first-order valence-electron chi connectivity index (χ1n) is 6.97. The lowest BCUT2D eigenvalue weighted by Crippen LogP contribution is -2.45. The summed E-state index contributed by atoms with van der Waals surface area (Å²) < 4.78 is 0. The quantitative estimate of drug-likeness (QED) is 0.640. The van der Waals surface area contributed by atoms with Crippen LogP contribution in [0.15, 0.2) is 30.3 Å².